The molecular formula is C14H27N3O3. The maximum absolute atomic E-state index is 12.1. The van der Waals surface area contributed by atoms with Gasteiger partial charge in [-0.05, 0) is 27.2 Å². The molecule has 1 saturated heterocycles. The van der Waals surface area contributed by atoms with Crippen LogP contribution in [0.25, 0.3) is 0 Å². The molecule has 0 aromatic rings. The second kappa shape index (κ2) is 6.92. The molecule has 1 aliphatic heterocycles. The van der Waals surface area contributed by atoms with E-state index in [0.717, 1.165) is 6.42 Å². The predicted molar refractivity (Wildman–Crippen MR) is 77.3 cm³/mol. The Morgan fingerprint density at radius 2 is 1.65 bits per heavy atom. The van der Waals surface area contributed by atoms with E-state index in [1.807, 2.05) is 27.7 Å². The lowest BCUT2D eigenvalue weighted by Crippen LogP contribution is -2.54. The zero-order valence-corrected chi connectivity index (χ0v) is 13.0. The standard InChI is InChI=1S/C14H27N3O3/c1-5-6-11(15)12(18)16-7-9-17(10-8-16)13(19)20-14(2,3)4/h11H,5-10,15H2,1-4H3/t11-/m0/s1. The summed E-state index contributed by atoms with van der Waals surface area (Å²) in [5.74, 6) is -0.0179. The maximum atomic E-state index is 12.1. The van der Waals surface area contributed by atoms with Crippen LogP contribution in [-0.4, -0.2) is 59.6 Å². The van der Waals surface area contributed by atoms with E-state index in [0.29, 0.717) is 32.6 Å². The minimum Gasteiger partial charge on any atom is -0.444 e. The minimum atomic E-state index is -0.493. The van der Waals surface area contributed by atoms with Crippen LogP contribution in [-0.2, 0) is 9.53 Å². The third-order valence-corrected chi connectivity index (χ3v) is 3.16. The Kier molecular flexibility index (Phi) is 5.80. The van der Waals surface area contributed by atoms with Crippen LogP contribution in [0.4, 0.5) is 4.79 Å². The number of carbonyl (C=O) groups excluding carboxylic acids is 2. The highest BCUT2D eigenvalue weighted by Gasteiger charge is 2.29. The predicted octanol–water partition coefficient (Wildman–Crippen LogP) is 1.19. The molecule has 1 fully saturated rings. The first-order valence-corrected chi connectivity index (χ1v) is 7.27. The summed E-state index contributed by atoms with van der Waals surface area (Å²) >= 11 is 0. The fourth-order valence-corrected chi connectivity index (χ4v) is 2.10. The van der Waals surface area contributed by atoms with Crippen molar-refractivity contribution in [2.24, 2.45) is 5.73 Å². The van der Waals surface area contributed by atoms with Gasteiger partial charge in [-0.15, -0.1) is 0 Å². The van der Waals surface area contributed by atoms with Crippen LogP contribution < -0.4 is 5.73 Å². The van der Waals surface area contributed by atoms with Gasteiger partial charge in [-0.2, -0.15) is 0 Å². The highest BCUT2D eigenvalue weighted by Crippen LogP contribution is 2.12. The van der Waals surface area contributed by atoms with Crippen molar-refractivity contribution >= 4 is 12.0 Å². The van der Waals surface area contributed by atoms with Gasteiger partial charge in [-0.25, -0.2) is 4.79 Å². The molecule has 20 heavy (non-hydrogen) atoms. The van der Waals surface area contributed by atoms with Gasteiger partial charge in [0.15, 0.2) is 0 Å². The number of nitrogens with zero attached hydrogens (tertiary/aromatic N) is 2. The molecule has 1 atom stereocenters. The molecule has 0 spiro atoms. The Bertz CT molecular complexity index is 344. The van der Waals surface area contributed by atoms with Crippen molar-refractivity contribution in [2.75, 3.05) is 26.2 Å². The summed E-state index contributed by atoms with van der Waals surface area (Å²) in [6, 6.07) is -0.423. The number of carbonyl (C=O) groups is 2. The molecule has 6 heteroatoms. The van der Waals surface area contributed by atoms with Gasteiger partial charge in [0.2, 0.25) is 5.91 Å². The molecule has 1 aliphatic rings. The normalized spacial score (nSPS) is 17.9. The largest absolute Gasteiger partial charge is 0.444 e. The van der Waals surface area contributed by atoms with Gasteiger partial charge in [0.1, 0.15) is 5.60 Å². The van der Waals surface area contributed by atoms with E-state index >= 15 is 0 Å². The van der Waals surface area contributed by atoms with Gasteiger partial charge in [0, 0.05) is 26.2 Å². The number of rotatable bonds is 3. The first-order valence-electron chi connectivity index (χ1n) is 7.27. The average molecular weight is 285 g/mol. The molecule has 116 valence electrons. The zero-order chi connectivity index (χ0) is 15.3. The van der Waals surface area contributed by atoms with E-state index in [1.54, 1.807) is 9.80 Å². The Morgan fingerprint density at radius 3 is 2.10 bits per heavy atom. The third-order valence-electron chi connectivity index (χ3n) is 3.16. The van der Waals surface area contributed by atoms with Crippen molar-refractivity contribution in [1.82, 2.24) is 9.80 Å². The fourth-order valence-electron chi connectivity index (χ4n) is 2.10. The van der Waals surface area contributed by atoms with Crippen molar-refractivity contribution in [3.05, 3.63) is 0 Å². The fraction of sp³-hybridized carbons (Fsp3) is 0.857. The molecule has 2 N–H and O–H groups in total. The molecule has 6 nitrogen and oxygen atoms in total. The van der Waals surface area contributed by atoms with Crippen molar-refractivity contribution in [3.8, 4) is 0 Å². The molecular weight excluding hydrogens is 258 g/mol. The van der Waals surface area contributed by atoms with E-state index in [1.165, 1.54) is 0 Å². The van der Waals surface area contributed by atoms with Gasteiger partial charge >= 0.3 is 6.09 Å². The van der Waals surface area contributed by atoms with Crippen molar-refractivity contribution in [2.45, 2.75) is 52.2 Å². The molecule has 0 aromatic heterocycles. The second-order valence-corrected chi connectivity index (χ2v) is 6.19. The van der Waals surface area contributed by atoms with Crippen LogP contribution in [0, 0.1) is 0 Å². The topological polar surface area (TPSA) is 75.9 Å². The molecule has 0 unspecified atom stereocenters. The highest BCUT2D eigenvalue weighted by atomic mass is 16.6. The number of nitrogens with two attached hydrogens (primary N) is 1. The SMILES string of the molecule is CCC[C@H](N)C(=O)N1CCN(C(=O)OC(C)(C)C)CC1. The van der Waals surface area contributed by atoms with Crippen molar-refractivity contribution in [1.29, 1.82) is 0 Å². The van der Waals surface area contributed by atoms with Crippen molar-refractivity contribution < 1.29 is 14.3 Å². The maximum Gasteiger partial charge on any atom is 0.410 e. The summed E-state index contributed by atoms with van der Waals surface area (Å²) in [6.07, 6.45) is 1.28. The molecule has 1 rings (SSSR count). The smallest absolute Gasteiger partial charge is 0.410 e. The minimum absolute atomic E-state index is 0.0179. The van der Waals surface area contributed by atoms with Crippen LogP contribution >= 0.6 is 0 Å². The van der Waals surface area contributed by atoms with E-state index in [-0.39, 0.29) is 12.0 Å². The number of amides is 2. The first-order chi connectivity index (χ1) is 9.24. The molecule has 0 radical (unpaired) electrons. The summed E-state index contributed by atoms with van der Waals surface area (Å²) in [5.41, 5.74) is 5.35. The summed E-state index contributed by atoms with van der Waals surface area (Å²) in [5, 5.41) is 0. The van der Waals surface area contributed by atoms with Crippen LogP contribution in [0.5, 0.6) is 0 Å². The number of ether oxygens (including phenoxy) is 1. The Morgan fingerprint density at radius 1 is 1.15 bits per heavy atom. The third kappa shape index (κ3) is 5.00. The first kappa shape index (κ1) is 16.8. The van der Waals surface area contributed by atoms with Crippen LogP contribution in [0.3, 0.4) is 0 Å². The average Bonchev–Trinajstić information content (AvgIpc) is 2.36. The summed E-state index contributed by atoms with van der Waals surface area (Å²) in [7, 11) is 0. The molecule has 0 bridgehead atoms. The molecule has 0 aromatic carbocycles. The molecule has 2 amide bonds. The van der Waals surface area contributed by atoms with Gasteiger partial charge in [-0.3, -0.25) is 4.79 Å². The summed E-state index contributed by atoms with van der Waals surface area (Å²) in [6.45, 7) is 9.58. The number of hydrogen-bond acceptors (Lipinski definition) is 4. The van der Waals surface area contributed by atoms with E-state index in [2.05, 4.69) is 0 Å². The lowest BCUT2D eigenvalue weighted by atomic mass is 10.1. The Balaban J connectivity index is 2.43. The summed E-state index contributed by atoms with van der Waals surface area (Å²) in [4.78, 5) is 27.3. The van der Waals surface area contributed by atoms with Gasteiger partial charge in [0.25, 0.3) is 0 Å². The van der Waals surface area contributed by atoms with Gasteiger partial charge in [-0.1, -0.05) is 13.3 Å². The lowest BCUT2D eigenvalue weighted by molar-refractivity contribution is -0.134. The Hall–Kier alpha value is -1.30. The zero-order valence-electron chi connectivity index (χ0n) is 13.0. The van der Waals surface area contributed by atoms with Crippen molar-refractivity contribution in [3.63, 3.8) is 0 Å². The second-order valence-electron chi connectivity index (χ2n) is 6.19. The van der Waals surface area contributed by atoms with Crippen LogP contribution in [0.2, 0.25) is 0 Å². The molecule has 0 saturated carbocycles. The van der Waals surface area contributed by atoms with Gasteiger partial charge in [0.05, 0.1) is 6.04 Å². The highest BCUT2D eigenvalue weighted by molar-refractivity contribution is 5.82. The van der Waals surface area contributed by atoms with Crippen LogP contribution in [0.1, 0.15) is 40.5 Å². The monoisotopic (exact) mass is 285 g/mol. The summed E-state index contributed by atoms with van der Waals surface area (Å²) < 4.78 is 5.32. The van der Waals surface area contributed by atoms with E-state index in [9.17, 15) is 9.59 Å². The van der Waals surface area contributed by atoms with Gasteiger partial charge < -0.3 is 20.3 Å². The number of hydrogen-bond donors (Lipinski definition) is 1. The van der Waals surface area contributed by atoms with E-state index in [4.69, 9.17) is 10.5 Å². The lowest BCUT2D eigenvalue weighted by Gasteiger charge is -2.36. The molecule has 1 heterocycles. The molecule has 0 aliphatic carbocycles. The quantitative estimate of drug-likeness (QED) is 0.845. The van der Waals surface area contributed by atoms with E-state index < -0.39 is 11.6 Å². The number of piperazine rings is 1. The van der Waals surface area contributed by atoms with Crippen LogP contribution in [0.15, 0.2) is 0 Å². The Labute approximate surface area is 121 Å².